The molecule has 0 spiro atoms. The van der Waals surface area contributed by atoms with Crippen LogP contribution in [0.3, 0.4) is 0 Å². The molecule has 0 aromatic heterocycles. The van der Waals surface area contributed by atoms with Crippen LogP contribution in [0.5, 0.6) is 0 Å². The van der Waals surface area contributed by atoms with Crippen molar-refractivity contribution in [1.82, 2.24) is 0 Å². The quantitative estimate of drug-likeness (QED) is 0.196. The van der Waals surface area contributed by atoms with Crippen molar-refractivity contribution in [3.8, 4) is 0 Å². The number of fused-ring (bicyclic) bond motifs is 3. The lowest BCUT2D eigenvalue weighted by Gasteiger charge is -2.53. The van der Waals surface area contributed by atoms with E-state index in [0.717, 1.165) is 12.7 Å². The second-order valence-electron chi connectivity index (χ2n) is 7.15. The standard InChI is InChI=1S/C16H21IO7S/c1-8-10-4-5-16(7-17)11(6-22-25(3,20)21)23-15(19)9(2)12(16)13(10)24-14(8)18/h8,10-13H,2,4-7H2,1,3H3/t8-,10-,11-,12+,13-,16+/m0/s1. The maximum absolute atomic E-state index is 12.3. The predicted molar refractivity (Wildman–Crippen MR) is 96.4 cm³/mol. The third kappa shape index (κ3) is 3.12. The number of cyclic esters (lactones) is 1. The molecule has 0 aromatic carbocycles. The van der Waals surface area contributed by atoms with Crippen LogP contribution in [-0.4, -0.2) is 49.9 Å². The maximum Gasteiger partial charge on any atom is 0.334 e. The molecule has 9 heteroatoms. The fourth-order valence-electron chi connectivity index (χ4n) is 4.41. The van der Waals surface area contributed by atoms with Crippen molar-refractivity contribution in [1.29, 1.82) is 0 Å². The Labute approximate surface area is 160 Å². The van der Waals surface area contributed by atoms with Crippen LogP contribution in [0.2, 0.25) is 0 Å². The number of carbonyl (C=O) groups is 2. The summed E-state index contributed by atoms with van der Waals surface area (Å²) in [5.41, 5.74) is -0.259. The summed E-state index contributed by atoms with van der Waals surface area (Å²) in [6.45, 7) is 5.51. The van der Waals surface area contributed by atoms with E-state index in [-0.39, 0.29) is 30.3 Å². The van der Waals surface area contributed by atoms with E-state index in [0.29, 0.717) is 16.4 Å². The van der Waals surface area contributed by atoms with Gasteiger partial charge in [-0.25, -0.2) is 4.79 Å². The van der Waals surface area contributed by atoms with E-state index in [1.165, 1.54) is 0 Å². The summed E-state index contributed by atoms with van der Waals surface area (Å²) in [4.78, 5) is 24.4. The third-order valence-electron chi connectivity index (χ3n) is 5.79. The van der Waals surface area contributed by atoms with E-state index in [9.17, 15) is 18.0 Å². The third-order valence-corrected chi connectivity index (χ3v) is 7.77. The van der Waals surface area contributed by atoms with Crippen molar-refractivity contribution in [3.05, 3.63) is 12.2 Å². The van der Waals surface area contributed by atoms with Crippen LogP contribution in [0.4, 0.5) is 0 Å². The Morgan fingerprint density at radius 1 is 1.36 bits per heavy atom. The van der Waals surface area contributed by atoms with Crippen molar-refractivity contribution >= 4 is 44.6 Å². The topological polar surface area (TPSA) is 96.0 Å². The van der Waals surface area contributed by atoms with Gasteiger partial charge in [0.05, 0.1) is 12.2 Å². The van der Waals surface area contributed by atoms with E-state index >= 15 is 0 Å². The Morgan fingerprint density at radius 2 is 2.04 bits per heavy atom. The molecule has 0 N–H and O–H groups in total. The van der Waals surface area contributed by atoms with Crippen molar-refractivity contribution in [3.63, 3.8) is 0 Å². The van der Waals surface area contributed by atoms with Gasteiger partial charge in [-0.15, -0.1) is 0 Å². The minimum atomic E-state index is -3.66. The second-order valence-corrected chi connectivity index (χ2v) is 9.55. The molecule has 0 radical (unpaired) electrons. The van der Waals surface area contributed by atoms with Crippen LogP contribution in [0.15, 0.2) is 12.2 Å². The summed E-state index contributed by atoms with van der Waals surface area (Å²) in [7, 11) is -3.66. The smallest absolute Gasteiger partial charge is 0.334 e. The van der Waals surface area contributed by atoms with Gasteiger partial charge in [-0.1, -0.05) is 36.1 Å². The highest BCUT2D eigenvalue weighted by molar-refractivity contribution is 14.1. The monoisotopic (exact) mass is 484 g/mol. The van der Waals surface area contributed by atoms with E-state index in [2.05, 4.69) is 29.2 Å². The van der Waals surface area contributed by atoms with E-state index < -0.39 is 33.7 Å². The molecule has 0 amide bonds. The van der Waals surface area contributed by atoms with Crippen molar-refractivity contribution < 1.29 is 31.7 Å². The number of alkyl halides is 1. The van der Waals surface area contributed by atoms with Gasteiger partial charge in [-0.2, -0.15) is 8.42 Å². The molecule has 1 saturated carbocycles. The first-order chi connectivity index (χ1) is 11.6. The van der Waals surface area contributed by atoms with Gasteiger partial charge in [0, 0.05) is 27.3 Å². The zero-order valence-electron chi connectivity index (χ0n) is 14.1. The molecule has 2 aliphatic heterocycles. The first-order valence-electron chi connectivity index (χ1n) is 8.11. The number of ether oxygens (including phenoxy) is 2. The molecule has 1 aliphatic carbocycles. The van der Waals surface area contributed by atoms with Crippen LogP contribution < -0.4 is 0 Å². The summed E-state index contributed by atoms with van der Waals surface area (Å²) in [5.74, 6) is -1.40. The van der Waals surface area contributed by atoms with Gasteiger partial charge in [-0.3, -0.25) is 8.98 Å². The normalized spacial score (nSPS) is 40.9. The van der Waals surface area contributed by atoms with Crippen molar-refractivity contribution in [2.45, 2.75) is 32.0 Å². The number of hydrogen-bond acceptors (Lipinski definition) is 7. The molecule has 3 rings (SSSR count). The number of esters is 2. The first kappa shape index (κ1) is 19.1. The molecule has 3 fully saturated rings. The van der Waals surface area contributed by atoms with Gasteiger partial charge < -0.3 is 9.47 Å². The summed E-state index contributed by atoms with van der Waals surface area (Å²) in [5, 5.41) is 0. The predicted octanol–water partition coefficient (Wildman–Crippen LogP) is 1.45. The minimum Gasteiger partial charge on any atom is -0.461 e. The van der Waals surface area contributed by atoms with Crippen molar-refractivity contribution in [2.75, 3.05) is 17.3 Å². The summed E-state index contributed by atoms with van der Waals surface area (Å²) >= 11 is 2.21. The van der Waals surface area contributed by atoms with Crippen LogP contribution in [-0.2, 0) is 33.4 Å². The van der Waals surface area contributed by atoms with Crippen LogP contribution >= 0.6 is 22.6 Å². The maximum atomic E-state index is 12.3. The Bertz CT molecular complexity index is 718. The molecule has 25 heavy (non-hydrogen) atoms. The molecular weight excluding hydrogens is 463 g/mol. The Balaban J connectivity index is 1.98. The Morgan fingerprint density at radius 3 is 2.64 bits per heavy atom. The second kappa shape index (κ2) is 6.49. The fraction of sp³-hybridized carbons (Fsp3) is 0.750. The Kier molecular flexibility index (Phi) is 4.95. The van der Waals surface area contributed by atoms with Gasteiger partial charge in [-0.05, 0) is 12.8 Å². The summed E-state index contributed by atoms with van der Waals surface area (Å²) in [6.07, 6.45) is 1.25. The highest BCUT2D eigenvalue weighted by Gasteiger charge is 2.63. The van der Waals surface area contributed by atoms with Crippen LogP contribution in [0.1, 0.15) is 19.8 Å². The fourth-order valence-corrected chi connectivity index (χ4v) is 6.13. The molecule has 0 unspecified atom stereocenters. The zero-order valence-corrected chi connectivity index (χ0v) is 17.0. The molecule has 2 saturated heterocycles. The molecular formula is C16H21IO7S. The SMILES string of the molecule is C=C1C(=O)O[C@@H](COS(C)(=O)=O)[C@]2(CI)CC[C@@H]3[C@H](OC(=O)[C@H]3C)[C@@H]12. The zero-order chi connectivity index (χ0) is 18.6. The van der Waals surface area contributed by atoms with Gasteiger partial charge >= 0.3 is 11.9 Å². The molecule has 6 atom stereocenters. The number of halogens is 1. The molecule has 140 valence electrons. The minimum absolute atomic E-state index is 0.0349. The molecule has 2 heterocycles. The lowest BCUT2D eigenvalue weighted by atomic mass is 9.56. The van der Waals surface area contributed by atoms with Crippen LogP contribution in [0.25, 0.3) is 0 Å². The van der Waals surface area contributed by atoms with Gasteiger partial charge in [0.15, 0.2) is 0 Å². The van der Waals surface area contributed by atoms with E-state index in [1.807, 2.05) is 6.92 Å². The number of rotatable bonds is 4. The van der Waals surface area contributed by atoms with Gasteiger partial charge in [0.1, 0.15) is 18.8 Å². The summed E-state index contributed by atoms with van der Waals surface area (Å²) in [6, 6.07) is 0. The largest absolute Gasteiger partial charge is 0.461 e. The molecule has 3 aliphatic rings. The average Bonchev–Trinajstić information content (AvgIpc) is 2.82. The van der Waals surface area contributed by atoms with E-state index in [1.54, 1.807) is 0 Å². The average molecular weight is 484 g/mol. The lowest BCUT2D eigenvalue weighted by Crippen LogP contribution is -2.60. The number of carbonyl (C=O) groups excluding carboxylic acids is 2. The van der Waals surface area contributed by atoms with E-state index in [4.69, 9.17) is 13.7 Å². The molecule has 0 aromatic rings. The highest BCUT2D eigenvalue weighted by Crippen LogP contribution is 2.57. The van der Waals surface area contributed by atoms with Crippen molar-refractivity contribution in [2.24, 2.45) is 23.2 Å². The molecule has 7 nitrogen and oxygen atoms in total. The lowest BCUT2D eigenvalue weighted by molar-refractivity contribution is -0.182. The van der Waals surface area contributed by atoms with Gasteiger partial charge in [0.2, 0.25) is 0 Å². The first-order valence-corrected chi connectivity index (χ1v) is 11.5. The number of hydrogen-bond donors (Lipinski definition) is 0. The van der Waals surface area contributed by atoms with Gasteiger partial charge in [0.25, 0.3) is 10.1 Å². The van der Waals surface area contributed by atoms with Crippen LogP contribution in [0, 0.1) is 23.2 Å². The molecule has 0 bridgehead atoms. The highest BCUT2D eigenvalue weighted by atomic mass is 127. The Hall–Kier alpha value is -0.680. The summed E-state index contributed by atoms with van der Waals surface area (Å²) < 4.78 is 39.4.